The first kappa shape index (κ1) is 39.5. The molecule has 0 spiro atoms. The van der Waals surface area contributed by atoms with Crippen molar-refractivity contribution in [3.05, 3.63) is 0 Å². The molecule has 1 N–H and O–H groups in total. The molecule has 4 nitrogen and oxygen atoms in total. The van der Waals surface area contributed by atoms with Gasteiger partial charge in [-0.15, -0.1) is 0 Å². The zero-order valence-electron chi connectivity index (χ0n) is 24.1. The Morgan fingerprint density at radius 3 is 0.914 bits per heavy atom. The Morgan fingerprint density at radius 2 is 0.686 bits per heavy atom. The summed E-state index contributed by atoms with van der Waals surface area (Å²) in [5, 5.41) is 18.6. The Bertz CT molecular complexity index is 415. The molecule has 0 saturated heterocycles. The fourth-order valence-electron chi connectivity index (χ4n) is 4.23. The van der Waals surface area contributed by atoms with E-state index in [0.29, 0.717) is 6.42 Å². The maximum Gasteiger partial charge on any atom is 1.00 e. The first-order chi connectivity index (χ1) is 16.5. The zero-order valence-corrected chi connectivity index (χ0v) is 26.1. The van der Waals surface area contributed by atoms with Crippen LogP contribution in [-0.2, 0) is 9.59 Å². The maximum absolute atomic E-state index is 10.3. The van der Waals surface area contributed by atoms with Crippen molar-refractivity contribution >= 4 is 11.9 Å². The Morgan fingerprint density at radius 1 is 0.457 bits per heavy atom. The number of rotatable bonds is 26. The number of hydrogen-bond donors (Lipinski definition) is 1. The van der Waals surface area contributed by atoms with Crippen molar-refractivity contribution < 1.29 is 49.4 Å². The second-order valence-corrected chi connectivity index (χ2v) is 10.0. The molecule has 5 heteroatoms. The van der Waals surface area contributed by atoms with Gasteiger partial charge in [0, 0.05) is 12.4 Å². The van der Waals surface area contributed by atoms with Crippen LogP contribution in [0.25, 0.3) is 0 Å². The van der Waals surface area contributed by atoms with Crippen LogP contribution in [0.15, 0.2) is 0 Å². The first-order valence-electron chi connectivity index (χ1n) is 15.0. The van der Waals surface area contributed by atoms with E-state index in [0.717, 1.165) is 25.7 Å². The Balaban J connectivity index is -0.000000603. The van der Waals surface area contributed by atoms with Crippen molar-refractivity contribution in [1.29, 1.82) is 0 Å². The van der Waals surface area contributed by atoms with E-state index in [1.54, 1.807) is 0 Å². The van der Waals surface area contributed by atoms with E-state index >= 15 is 0 Å². The molecule has 0 amide bonds. The van der Waals surface area contributed by atoms with Crippen LogP contribution in [0, 0.1) is 0 Å². The van der Waals surface area contributed by atoms with Gasteiger partial charge in [-0.2, -0.15) is 0 Å². The minimum absolute atomic E-state index is 0. The van der Waals surface area contributed by atoms with E-state index in [1.807, 2.05) is 0 Å². The fraction of sp³-hybridized carbons (Fsp3) is 0.933. The minimum Gasteiger partial charge on any atom is -0.550 e. The third-order valence-corrected chi connectivity index (χ3v) is 6.48. The van der Waals surface area contributed by atoms with Crippen molar-refractivity contribution in [2.45, 2.75) is 181 Å². The average molecular weight is 507 g/mol. The van der Waals surface area contributed by atoms with Gasteiger partial charge in [0.05, 0.1) is 0 Å². The van der Waals surface area contributed by atoms with Crippen molar-refractivity contribution in [1.82, 2.24) is 0 Å². The van der Waals surface area contributed by atoms with Gasteiger partial charge in [-0.05, 0) is 19.3 Å². The number of carbonyl (C=O) groups is 2. The number of hydrogen-bond acceptors (Lipinski definition) is 3. The third kappa shape index (κ3) is 44.4. The van der Waals surface area contributed by atoms with Crippen LogP contribution in [0.4, 0.5) is 0 Å². The second-order valence-electron chi connectivity index (χ2n) is 10.0. The topological polar surface area (TPSA) is 77.4 Å². The average Bonchev–Trinajstić information content (AvgIpc) is 2.80. The first-order valence-corrected chi connectivity index (χ1v) is 15.0. The molecule has 0 bridgehead atoms. The van der Waals surface area contributed by atoms with Crippen LogP contribution >= 0.6 is 0 Å². The number of carboxylic acids is 2. The maximum atomic E-state index is 10.3. The summed E-state index contributed by atoms with van der Waals surface area (Å²) < 4.78 is 0. The van der Waals surface area contributed by atoms with Gasteiger partial charge in [0.2, 0.25) is 0 Å². The molecule has 0 aliphatic carbocycles. The molecule has 0 saturated carbocycles. The van der Waals surface area contributed by atoms with E-state index in [9.17, 15) is 14.7 Å². The molecule has 0 unspecified atom stereocenters. The predicted molar refractivity (Wildman–Crippen MR) is 144 cm³/mol. The van der Waals surface area contributed by atoms with Gasteiger partial charge in [-0.1, -0.05) is 155 Å². The van der Waals surface area contributed by atoms with E-state index in [2.05, 4.69) is 13.8 Å². The van der Waals surface area contributed by atoms with Crippen molar-refractivity contribution in [3.8, 4) is 0 Å². The van der Waals surface area contributed by atoms with Crippen LogP contribution in [-0.4, -0.2) is 17.0 Å². The zero-order chi connectivity index (χ0) is 25.5. The molecule has 0 atom stereocenters. The summed E-state index contributed by atoms with van der Waals surface area (Å²) in [6.45, 7) is 4.49. The molecule has 0 aromatic heterocycles. The van der Waals surface area contributed by atoms with E-state index in [-0.39, 0.29) is 36.0 Å². The monoisotopic (exact) mass is 506 g/mol. The molecule has 0 aliphatic rings. The van der Waals surface area contributed by atoms with Gasteiger partial charge >= 0.3 is 35.5 Å². The molecule has 0 aromatic rings. The van der Waals surface area contributed by atoms with Gasteiger partial charge in [-0.3, -0.25) is 4.79 Å². The summed E-state index contributed by atoms with van der Waals surface area (Å²) in [4.78, 5) is 20.4. The Hall–Kier alpha value is -0.0600. The van der Waals surface area contributed by atoms with Gasteiger partial charge in [0.1, 0.15) is 0 Å². The van der Waals surface area contributed by atoms with Crippen molar-refractivity contribution in [2.24, 2.45) is 0 Å². The third-order valence-electron chi connectivity index (χ3n) is 6.48. The van der Waals surface area contributed by atoms with Crippen molar-refractivity contribution in [2.75, 3.05) is 0 Å². The fourth-order valence-corrected chi connectivity index (χ4v) is 4.23. The van der Waals surface area contributed by atoms with E-state index in [4.69, 9.17) is 5.11 Å². The second kappa shape index (κ2) is 36.1. The quantitative estimate of drug-likeness (QED) is 0.115. The van der Waals surface area contributed by atoms with Crippen LogP contribution in [0.2, 0.25) is 0 Å². The van der Waals surface area contributed by atoms with Crippen LogP contribution in [0.1, 0.15) is 181 Å². The summed E-state index contributed by atoms with van der Waals surface area (Å²) in [6, 6.07) is 0. The molecular weight excluding hydrogens is 447 g/mol. The molecule has 35 heavy (non-hydrogen) atoms. The number of unbranched alkanes of at least 4 members (excludes halogenated alkanes) is 22. The van der Waals surface area contributed by atoms with Crippen LogP contribution in [0.5, 0.6) is 0 Å². The summed E-state index contributed by atoms with van der Waals surface area (Å²) in [6.07, 6.45) is 31.4. The van der Waals surface area contributed by atoms with Gasteiger partial charge in [0.25, 0.3) is 0 Å². The molecule has 0 fully saturated rings. The minimum atomic E-state index is -0.909. The van der Waals surface area contributed by atoms with Crippen LogP contribution in [0.3, 0.4) is 0 Å². The predicted octanol–water partition coefficient (Wildman–Crippen LogP) is 5.99. The van der Waals surface area contributed by atoms with Gasteiger partial charge < -0.3 is 15.0 Å². The smallest absolute Gasteiger partial charge is 0.550 e. The standard InChI is InChI=1S/C18H36O2.C12H24O2.Na/c1-2-3-4-5-6-7-8-9-10-11-12-13-14-15-16-17-18(19)20;1-2-3-4-5-6-7-8-9-10-11-12(13)14;/h2-17H2,1H3,(H,19,20);2-11H2,1H3,(H,13,14);/q;;+1/p-1. The molecule has 0 aromatic carbocycles. The molecule has 0 heterocycles. The normalized spacial score (nSPS) is 10.3. The molecule has 0 radical (unpaired) electrons. The summed E-state index contributed by atoms with van der Waals surface area (Å²) in [5.41, 5.74) is 0. The molecular formula is C30H59NaO4. The Labute approximate surface area is 241 Å². The number of carboxylic acid groups (broad SMARTS) is 2. The number of carbonyl (C=O) groups excluding carboxylic acids is 1. The van der Waals surface area contributed by atoms with E-state index < -0.39 is 11.9 Å². The molecule has 204 valence electrons. The van der Waals surface area contributed by atoms with Crippen molar-refractivity contribution in [3.63, 3.8) is 0 Å². The van der Waals surface area contributed by atoms with Gasteiger partial charge in [0.15, 0.2) is 0 Å². The largest absolute Gasteiger partial charge is 1.00 e. The summed E-state index contributed by atoms with van der Waals surface area (Å²) in [5.74, 6) is -1.56. The summed E-state index contributed by atoms with van der Waals surface area (Å²) in [7, 11) is 0. The van der Waals surface area contributed by atoms with E-state index in [1.165, 1.54) is 128 Å². The van der Waals surface area contributed by atoms with Crippen LogP contribution < -0.4 is 34.7 Å². The SMILES string of the molecule is CCCCCCCCCCCC(=O)[O-].CCCCCCCCCCCCCCCCCC(=O)O.[Na+]. The Kier molecular flexibility index (Phi) is 40.7. The number of aliphatic carboxylic acids is 2. The molecule has 0 aliphatic heterocycles. The summed E-state index contributed by atoms with van der Waals surface area (Å²) >= 11 is 0. The van der Waals surface area contributed by atoms with Gasteiger partial charge in [-0.25, -0.2) is 0 Å². The molecule has 0 rings (SSSR count).